The van der Waals surface area contributed by atoms with Crippen LogP contribution in [0.2, 0.25) is 0 Å². The highest BCUT2D eigenvalue weighted by Gasteiger charge is 2.12. The van der Waals surface area contributed by atoms with Gasteiger partial charge in [0.2, 0.25) is 0 Å². The summed E-state index contributed by atoms with van der Waals surface area (Å²) in [6.45, 7) is 10.6. The van der Waals surface area contributed by atoms with E-state index in [-0.39, 0.29) is 11.3 Å². The summed E-state index contributed by atoms with van der Waals surface area (Å²) in [6, 6.07) is 13.9. The lowest BCUT2D eigenvalue weighted by atomic mass is 10.0. The van der Waals surface area contributed by atoms with Gasteiger partial charge in [0.1, 0.15) is 0 Å². The molecule has 4 nitrogen and oxygen atoms in total. The largest absolute Gasteiger partial charge is 0.478 e. The number of hydrogen-bond acceptors (Lipinski definition) is 3. The summed E-state index contributed by atoms with van der Waals surface area (Å²) in [7, 11) is 0. The van der Waals surface area contributed by atoms with Crippen molar-refractivity contribution < 1.29 is 19.6 Å². The summed E-state index contributed by atoms with van der Waals surface area (Å²) in [6.07, 6.45) is 9.78. The number of carbonyl (C=O) groups excluding carboxylic acids is 1. The average molecular weight is 547 g/mol. The fourth-order valence-electron chi connectivity index (χ4n) is 3.99. The Labute approximate surface area is 230 Å². The van der Waals surface area contributed by atoms with Gasteiger partial charge in [0.15, 0.2) is 5.78 Å². The lowest BCUT2D eigenvalue weighted by molar-refractivity contribution is 0.0696. The van der Waals surface area contributed by atoms with Crippen molar-refractivity contribution in [3.8, 4) is 11.1 Å². The molecule has 0 radical (unpaired) electrons. The number of hydrogen-bond donors (Lipinski definition) is 2. The van der Waals surface area contributed by atoms with Gasteiger partial charge in [-0.25, -0.2) is 4.79 Å². The van der Waals surface area contributed by atoms with Crippen molar-refractivity contribution in [2.75, 3.05) is 12.3 Å². The summed E-state index contributed by atoms with van der Waals surface area (Å²) in [4.78, 5) is 32.1. The van der Waals surface area contributed by atoms with Crippen LogP contribution in [0.3, 0.4) is 0 Å². The molecule has 0 aromatic heterocycles. The summed E-state index contributed by atoms with van der Waals surface area (Å²) in [5.41, 5.74) is 2.81. The van der Waals surface area contributed by atoms with Gasteiger partial charge in [-0.2, -0.15) is 0 Å². The maximum atomic E-state index is 11.1. The monoisotopic (exact) mass is 546 g/mol. The van der Waals surface area contributed by atoms with E-state index in [0.717, 1.165) is 48.1 Å². The molecule has 37 heavy (non-hydrogen) atoms. The number of carbonyl (C=O) groups is 2. The van der Waals surface area contributed by atoms with Crippen LogP contribution in [0.4, 0.5) is 0 Å². The highest BCUT2D eigenvalue weighted by molar-refractivity contribution is 8.11. The van der Waals surface area contributed by atoms with Crippen molar-refractivity contribution in [3.05, 3.63) is 59.7 Å². The van der Waals surface area contributed by atoms with Gasteiger partial charge in [-0.1, -0.05) is 114 Å². The van der Waals surface area contributed by atoms with Crippen LogP contribution < -0.4 is 0 Å². The third-order valence-corrected chi connectivity index (χ3v) is 9.46. The van der Waals surface area contributed by atoms with E-state index >= 15 is 0 Å². The highest BCUT2D eigenvalue weighted by Crippen LogP contribution is 2.43. The Morgan fingerprint density at radius 2 is 1.08 bits per heavy atom. The Morgan fingerprint density at radius 3 is 1.41 bits per heavy atom. The van der Waals surface area contributed by atoms with Crippen molar-refractivity contribution >= 4 is 29.8 Å². The van der Waals surface area contributed by atoms with E-state index in [2.05, 4.69) is 27.7 Å². The minimum absolute atomic E-state index is 0.0303. The zero-order chi connectivity index (χ0) is 27.8. The van der Waals surface area contributed by atoms with Crippen molar-refractivity contribution in [2.45, 2.75) is 86.0 Å². The van der Waals surface area contributed by atoms with E-state index in [4.69, 9.17) is 16.9 Å². The summed E-state index contributed by atoms with van der Waals surface area (Å²) < 4.78 is 0. The molecular weight excluding hydrogens is 499 g/mol. The Bertz CT molecular complexity index is 904. The molecule has 2 rings (SSSR count). The molecule has 0 unspecified atom stereocenters. The van der Waals surface area contributed by atoms with Crippen molar-refractivity contribution in [3.63, 3.8) is 0 Å². The first kappa shape index (κ1) is 33.2. The molecule has 0 amide bonds. The predicted molar refractivity (Wildman–Crippen MR) is 162 cm³/mol. The first-order valence-corrected chi connectivity index (χ1v) is 16.8. The van der Waals surface area contributed by atoms with Crippen LogP contribution >= 0.6 is 6.26 Å². The van der Waals surface area contributed by atoms with Gasteiger partial charge < -0.3 is 10.00 Å². The average Bonchev–Trinajstić information content (AvgIpc) is 2.83. The molecule has 206 valence electrons. The SMILES string of the molecule is CC(=O)c1ccc(-c2ccc(C(=O)O)cc2)cc1.CC(C)CCCCCP(O)(=S)CCCCCC(C)C. The van der Waals surface area contributed by atoms with Crippen LogP contribution in [0.5, 0.6) is 0 Å². The number of Topliss-reactive ketones (excluding diaryl/α,β-unsaturated/α-hetero) is 1. The van der Waals surface area contributed by atoms with Crippen LogP contribution in [-0.2, 0) is 11.8 Å². The van der Waals surface area contributed by atoms with Gasteiger partial charge in [-0.15, -0.1) is 0 Å². The van der Waals surface area contributed by atoms with E-state index in [1.165, 1.54) is 45.4 Å². The number of rotatable bonds is 15. The van der Waals surface area contributed by atoms with Gasteiger partial charge in [-0.05, 0) is 67.2 Å². The number of aromatic carboxylic acids is 1. The molecule has 6 heteroatoms. The van der Waals surface area contributed by atoms with E-state index in [1.807, 2.05) is 12.1 Å². The molecule has 0 atom stereocenters. The van der Waals surface area contributed by atoms with Gasteiger partial charge >= 0.3 is 5.97 Å². The molecule has 0 spiro atoms. The molecule has 0 bridgehead atoms. The number of carboxylic acid groups (broad SMARTS) is 1. The normalized spacial score (nSPS) is 11.4. The van der Waals surface area contributed by atoms with Crippen molar-refractivity contribution in [1.82, 2.24) is 0 Å². The number of unbranched alkanes of at least 4 members (excludes halogenated alkanes) is 4. The fourth-order valence-corrected chi connectivity index (χ4v) is 6.42. The Morgan fingerprint density at radius 1 is 0.703 bits per heavy atom. The first-order chi connectivity index (χ1) is 17.4. The Hall–Kier alpha value is -1.81. The molecule has 0 fully saturated rings. The second-order valence-electron chi connectivity index (χ2n) is 10.8. The van der Waals surface area contributed by atoms with Gasteiger partial charge in [0.05, 0.1) is 11.8 Å². The number of ketones is 1. The van der Waals surface area contributed by atoms with E-state index in [0.29, 0.717) is 5.56 Å². The second-order valence-corrected chi connectivity index (χ2v) is 15.4. The summed E-state index contributed by atoms with van der Waals surface area (Å²) in [5, 5.41) is 8.81. The van der Waals surface area contributed by atoms with Crippen LogP contribution in [-0.4, -0.2) is 34.1 Å². The van der Waals surface area contributed by atoms with Gasteiger partial charge in [0, 0.05) is 5.56 Å². The summed E-state index contributed by atoms with van der Waals surface area (Å²) >= 11 is 5.41. The topological polar surface area (TPSA) is 74.6 Å². The first-order valence-electron chi connectivity index (χ1n) is 13.7. The number of carboxylic acids is 1. The molecule has 2 N–H and O–H groups in total. The molecule has 2 aromatic carbocycles. The lowest BCUT2D eigenvalue weighted by Gasteiger charge is -2.15. The minimum Gasteiger partial charge on any atom is -0.478 e. The lowest BCUT2D eigenvalue weighted by Crippen LogP contribution is -1.96. The van der Waals surface area contributed by atoms with Crippen LogP contribution in [0.15, 0.2) is 48.5 Å². The predicted octanol–water partition coefficient (Wildman–Crippen LogP) is 9.06. The van der Waals surface area contributed by atoms with Crippen LogP contribution in [0.25, 0.3) is 11.1 Å². The van der Waals surface area contributed by atoms with Gasteiger partial charge in [0.25, 0.3) is 0 Å². The smallest absolute Gasteiger partial charge is 0.335 e. The Balaban J connectivity index is 0.000000370. The molecular formula is C31H47O4PS. The Kier molecular flexibility index (Phi) is 15.8. The quantitative estimate of drug-likeness (QED) is 0.132. The third kappa shape index (κ3) is 15.3. The molecule has 0 saturated carbocycles. The maximum absolute atomic E-state index is 11.1. The minimum atomic E-state index is -1.99. The maximum Gasteiger partial charge on any atom is 0.335 e. The zero-order valence-corrected chi connectivity index (χ0v) is 25.1. The molecule has 0 saturated heterocycles. The highest BCUT2D eigenvalue weighted by atomic mass is 32.4. The van der Waals surface area contributed by atoms with E-state index < -0.39 is 12.2 Å². The molecule has 2 aromatic rings. The van der Waals surface area contributed by atoms with Crippen molar-refractivity contribution in [1.29, 1.82) is 0 Å². The summed E-state index contributed by atoms with van der Waals surface area (Å²) in [5.74, 6) is 0.701. The van der Waals surface area contributed by atoms with Gasteiger partial charge in [-0.3, -0.25) is 4.79 Å². The standard InChI is InChI=1S/C16H35OPS.C15H12O3/c1-15(2)11-7-5-9-13-18(17,19)14-10-6-8-12-16(3)4;1-10(16)11-2-4-12(5-3-11)13-6-8-14(9-7-13)15(17)18/h15-16H,5-14H2,1-4H3,(H,17,19);2-9H,1H3,(H,17,18). The van der Waals surface area contributed by atoms with Crippen LogP contribution in [0.1, 0.15) is 107 Å². The molecule has 0 aliphatic carbocycles. The number of benzene rings is 2. The second kappa shape index (κ2) is 17.7. The van der Waals surface area contributed by atoms with E-state index in [1.54, 1.807) is 36.4 Å². The molecule has 0 aliphatic heterocycles. The fraction of sp³-hybridized carbons (Fsp3) is 0.548. The van der Waals surface area contributed by atoms with E-state index in [9.17, 15) is 14.5 Å². The third-order valence-electron chi connectivity index (χ3n) is 6.33. The molecule has 0 aliphatic rings. The van der Waals surface area contributed by atoms with Crippen LogP contribution in [0, 0.1) is 11.8 Å². The molecule has 0 heterocycles. The van der Waals surface area contributed by atoms with Crippen molar-refractivity contribution in [2.24, 2.45) is 11.8 Å². The zero-order valence-electron chi connectivity index (χ0n) is 23.4.